The number of benzene rings is 4. The zero-order chi connectivity index (χ0) is 17.8. The summed E-state index contributed by atoms with van der Waals surface area (Å²) < 4.78 is 0. The number of rotatable bonds is 4. The Hall–Kier alpha value is -3.36. The van der Waals surface area contributed by atoms with Crippen LogP contribution in [-0.4, -0.2) is 0 Å². The second kappa shape index (κ2) is 7.26. The van der Waals surface area contributed by atoms with Crippen LogP contribution in [0.25, 0.3) is 33.4 Å². The van der Waals surface area contributed by atoms with Crippen LogP contribution >= 0.6 is 0 Å². The zero-order valence-electron chi connectivity index (χ0n) is 14.4. The van der Waals surface area contributed by atoms with Crippen molar-refractivity contribution in [3.63, 3.8) is 0 Å². The molecule has 26 heavy (non-hydrogen) atoms. The first kappa shape index (κ1) is 16.1. The van der Waals surface area contributed by atoms with Crippen molar-refractivity contribution in [1.29, 1.82) is 0 Å². The molecule has 0 spiro atoms. The molecule has 0 unspecified atom stereocenters. The Bertz CT molecular complexity index is 994. The van der Waals surface area contributed by atoms with Crippen LogP contribution in [0.1, 0.15) is 0 Å². The van der Waals surface area contributed by atoms with E-state index in [0.717, 1.165) is 33.5 Å². The minimum Gasteiger partial charge on any atom is -0.323 e. The molecular weight excluding hydrogens is 316 g/mol. The van der Waals surface area contributed by atoms with Crippen LogP contribution < -0.4 is 11.3 Å². The van der Waals surface area contributed by atoms with Gasteiger partial charge in [-0.2, -0.15) is 0 Å². The highest BCUT2D eigenvalue weighted by atomic mass is 15.2. The van der Waals surface area contributed by atoms with Crippen LogP contribution in [0.3, 0.4) is 0 Å². The average molecular weight is 336 g/mol. The van der Waals surface area contributed by atoms with Gasteiger partial charge in [-0.3, -0.25) is 5.84 Å². The van der Waals surface area contributed by atoms with Crippen LogP contribution in [-0.2, 0) is 0 Å². The van der Waals surface area contributed by atoms with Gasteiger partial charge in [0.25, 0.3) is 0 Å². The number of anilines is 1. The molecule has 4 aromatic carbocycles. The molecule has 0 fully saturated rings. The van der Waals surface area contributed by atoms with Crippen LogP contribution in [0.2, 0.25) is 0 Å². The van der Waals surface area contributed by atoms with Crippen molar-refractivity contribution in [3.8, 4) is 33.4 Å². The van der Waals surface area contributed by atoms with Crippen LogP contribution in [0.5, 0.6) is 0 Å². The largest absolute Gasteiger partial charge is 0.323 e. The van der Waals surface area contributed by atoms with Crippen molar-refractivity contribution < 1.29 is 0 Å². The van der Waals surface area contributed by atoms with Crippen molar-refractivity contribution in [2.75, 3.05) is 5.43 Å². The lowest BCUT2D eigenvalue weighted by molar-refractivity contribution is 1.35. The first-order valence-electron chi connectivity index (χ1n) is 8.68. The Kier molecular flexibility index (Phi) is 4.50. The Morgan fingerprint density at radius 2 is 0.885 bits per heavy atom. The number of hydrogen-bond donors (Lipinski definition) is 2. The smallest absolute Gasteiger partial charge is 0.0648 e. The fourth-order valence-electron chi connectivity index (χ4n) is 3.37. The number of hydrazine groups is 1. The van der Waals surface area contributed by atoms with Gasteiger partial charge in [-0.25, -0.2) is 0 Å². The summed E-state index contributed by atoms with van der Waals surface area (Å²) in [7, 11) is 0. The van der Waals surface area contributed by atoms with Crippen LogP contribution in [0.15, 0.2) is 103 Å². The fourth-order valence-corrected chi connectivity index (χ4v) is 3.37. The van der Waals surface area contributed by atoms with E-state index in [4.69, 9.17) is 5.84 Å². The summed E-state index contributed by atoms with van der Waals surface area (Å²) in [5, 5.41) is 0. The Morgan fingerprint density at radius 3 is 1.38 bits per heavy atom. The fraction of sp³-hybridized carbons (Fsp3) is 0. The first-order chi connectivity index (χ1) is 12.9. The van der Waals surface area contributed by atoms with E-state index >= 15 is 0 Å². The van der Waals surface area contributed by atoms with E-state index in [2.05, 4.69) is 78.2 Å². The predicted molar refractivity (Wildman–Crippen MR) is 111 cm³/mol. The Morgan fingerprint density at radius 1 is 0.462 bits per heavy atom. The average Bonchev–Trinajstić information content (AvgIpc) is 2.74. The molecule has 4 rings (SSSR count). The van der Waals surface area contributed by atoms with Crippen LogP contribution in [0, 0.1) is 0 Å². The highest BCUT2D eigenvalue weighted by Gasteiger charge is 2.16. The molecule has 0 aliphatic rings. The maximum absolute atomic E-state index is 6.02. The van der Waals surface area contributed by atoms with Crippen molar-refractivity contribution in [3.05, 3.63) is 103 Å². The van der Waals surface area contributed by atoms with Crippen molar-refractivity contribution in [2.24, 2.45) is 5.84 Å². The molecule has 0 saturated carbocycles. The molecular formula is C24H20N2. The standard InChI is InChI=1S/C24H20N2/c25-26-24-22(19-12-6-2-7-13-19)17-16-21(18-10-4-1-5-11-18)23(24)20-14-8-3-9-15-20/h1-17,26H,25H2. The Labute approximate surface area is 153 Å². The molecule has 2 heteroatoms. The summed E-state index contributed by atoms with van der Waals surface area (Å²) in [6, 6.07) is 35.4. The molecule has 0 bridgehead atoms. The molecule has 126 valence electrons. The third-order valence-corrected chi connectivity index (χ3v) is 4.58. The number of hydrogen-bond acceptors (Lipinski definition) is 2. The summed E-state index contributed by atoms with van der Waals surface area (Å²) in [4.78, 5) is 0. The lowest BCUT2D eigenvalue weighted by atomic mass is 9.89. The molecule has 0 heterocycles. The van der Waals surface area contributed by atoms with E-state index in [1.165, 1.54) is 5.56 Å². The molecule has 3 N–H and O–H groups in total. The summed E-state index contributed by atoms with van der Waals surface area (Å²) in [5.41, 5.74) is 10.7. The van der Waals surface area contributed by atoms with Gasteiger partial charge in [0.15, 0.2) is 0 Å². The monoisotopic (exact) mass is 336 g/mol. The van der Waals surface area contributed by atoms with Gasteiger partial charge in [0.2, 0.25) is 0 Å². The van der Waals surface area contributed by atoms with Gasteiger partial charge in [-0.05, 0) is 22.3 Å². The summed E-state index contributed by atoms with van der Waals surface area (Å²) >= 11 is 0. The van der Waals surface area contributed by atoms with Gasteiger partial charge in [-0.1, -0.05) is 103 Å². The van der Waals surface area contributed by atoms with Gasteiger partial charge in [0.1, 0.15) is 0 Å². The molecule has 4 aromatic rings. The molecule has 2 nitrogen and oxygen atoms in total. The molecule has 0 saturated heterocycles. The lowest BCUT2D eigenvalue weighted by Crippen LogP contribution is -2.10. The van der Waals surface area contributed by atoms with E-state index < -0.39 is 0 Å². The van der Waals surface area contributed by atoms with Crippen molar-refractivity contribution >= 4 is 5.69 Å². The molecule has 0 aliphatic heterocycles. The summed E-state index contributed by atoms with van der Waals surface area (Å²) in [5.74, 6) is 6.02. The van der Waals surface area contributed by atoms with E-state index in [1.54, 1.807) is 0 Å². The zero-order valence-corrected chi connectivity index (χ0v) is 14.4. The van der Waals surface area contributed by atoms with E-state index in [-0.39, 0.29) is 0 Å². The SMILES string of the molecule is NNc1c(-c2ccccc2)ccc(-c2ccccc2)c1-c1ccccc1. The minimum atomic E-state index is 0.934. The number of nitrogens with one attached hydrogen (secondary N) is 1. The third kappa shape index (κ3) is 2.99. The van der Waals surface area contributed by atoms with Crippen molar-refractivity contribution in [1.82, 2.24) is 0 Å². The number of nitrogen functional groups attached to an aromatic ring is 1. The topological polar surface area (TPSA) is 38.0 Å². The maximum Gasteiger partial charge on any atom is 0.0648 e. The normalized spacial score (nSPS) is 10.5. The maximum atomic E-state index is 6.02. The predicted octanol–water partition coefficient (Wildman–Crippen LogP) is 5.97. The van der Waals surface area contributed by atoms with E-state index in [1.807, 2.05) is 30.3 Å². The molecule has 0 atom stereocenters. The van der Waals surface area contributed by atoms with Gasteiger partial charge in [-0.15, -0.1) is 0 Å². The van der Waals surface area contributed by atoms with E-state index in [9.17, 15) is 0 Å². The van der Waals surface area contributed by atoms with Gasteiger partial charge in [0.05, 0.1) is 5.69 Å². The summed E-state index contributed by atoms with van der Waals surface area (Å²) in [6.45, 7) is 0. The Balaban J connectivity index is 2.03. The molecule has 0 radical (unpaired) electrons. The lowest BCUT2D eigenvalue weighted by Gasteiger charge is -2.19. The second-order valence-corrected chi connectivity index (χ2v) is 6.15. The van der Waals surface area contributed by atoms with E-state index in [0.29, 0.717) is 0 Å². The molecule has 0 amide bonds. The van der Waals surface area contributed by atoms with Crippen molar-refractivity contribution in [2.45, 2.75) is 0 Å². The quantitative estimate of drug-likeness (QED) is 0.356. The van der Waals surface area contributed by atoms with Gasteiger partial charge >= 0.3 is 0 Å². The third-order valence-electron chi connectivity index (χ3n) is 4.58. The van der Waals surface area contributed by atoms with Crippen LogP contribution in [0.4, 0.5) is 5.69 Å². The second-order valence-electron chi connectivity index (χ2n) is 6.15. The molecule has 0 aliphatic carbocycles. The first-order valence-corrected chi connectivity index (χ1v) is 8.68. The van der Waals surface area contributed by atoms with Gasteiger partial charge < -0.3 is 5.43 Å². The molecule has 0 aromatic heterocycles. The number of nitrogens with two attached hydrogens (primary N) is 1. The highest BCUT2D eigenvalue weighted by Crippen LogP contribution is 2.43. The highest BCUT2D eigenvalue weighted by molar-refractivity contribution is 5.98. The summed E-state index contributed by atoms with van der Waals surface area (Å²) in [6.07, 6.45) is 0. The minimum absolute atomic E-state index is 0.934. The van der Waals surface area contributed by atoms with Gasteiger partial charge in [0, 0.05) is 11.1 Å².